The summed E-state index contributed by atoms with van der Waals surface area (Å²) in [5.74, 6) is 0. The van der Waals surface area contributed by atoms with Crippen molar-refractivity contribution in [3.63, 3.8) is 0 Å². The molecule has 0 aromatic rings. The highest BCUT2D eigenvalue weighted by molar-refractivity contribution is 5.67. The molecule has 1 unspecified atom stereocenters. The fraction of sp³-hybridized carbons (Fsp3) is 0.909. The molecule has 0 aliphatic carbocycles. The van der Waals surface area contributed by atoms with Gasteiger partial charge >= 0.3 is 6.09 Å². The zero-order chi connectivity index (χ0) is 12.6. The van der Waals surface area contributed by atoms with Crippen molar-refractivity contribution in [3.8, 4) is 0 Å². The normalized spacial score (nSPS) is 13.3. The first-order valence-electron chi connectivity index (χ1n) is 5.62. The molecule has 0 aliphatic rings. The molecule has 0 bridgehead atoms. The van der Waals surface area contributed by atoms with E-state index in [2.05, 4.69) is 10.9 Å². The Morgan fingerprint density at radius 3 is 2.44 bits per heavy atom. The highest BCUT2D eigenvalue weighted by Crippen LogP contribution is 2.06. The van der Waals surface area contributed by atoms with Gasteiger partial charge < -0.3 is 9.47 Å². The minimum Gasteiger partial charge on any atom is -0.443 e. The van der Waals surface area contributed by atoms with E-state index >= 15 is 0 Å². The van der Waals surface area contributed by atoms with E-state index in [0.717, 1.165) is 12.8 Å². The Hall–Kier alpha value is -0.810. The minimum atomic E-state index is -0.472. The molecule has 5 heteroatoms. The van der Waals surface area contributed by atoms with Crippen LogP contribution in [0.15, 0.2) is 0 Å². The maximum Gasteiger partial charge on any atom is 0.422 e. The van der Waals surface area contributed by atoms with Crippen LogP contribution in [0.2, 0.25) is 0 Å². The van der Waals surface area contributed by atoms with Gasteiger partial charge in [0.15, 0.2) is 0 Å². The van der Waals surface area contributed by atoms with Crippen molar-refractivity contribution in [2.75, 3.05) is 13.7 Å². The van der Waals surface area contributed by atoms with Crippen molar-refractivity contribution < 1.29 is 14.3 Å². The molecule has 0 rings (SSSR count). The summed E-state index contributed by atoms with van der Waals surface area (Å²) in [5, 5.41) is 0. The second kappa shape index (κ2) is 7.46. The summed E-state index contributed by atoms with van der Waals surface area (Å²) in [6, 6.07) is 0.201. The topological polar surface area (TPSA) is 59.6 Å². The number of hydrazine groups is 1. The average Bonchev–Trinajstić information content (AvgIpc) is 2.15. The maximum atomic E-state index is 11.3. The molecule has 5 nitrogen and oxygen atoms in total. The van der Waals surface area contributed by atoms with Crippen molar-refractivity contribution in [2.24, 2.45) is 0 Å². The first-order valence-corrected chi connectivity index (χ1v) is 5.62. The molecule has 1 atom stereocenters. The minimum absolute atomic E-state index is 0.201. The van der Waals surface area contributed by atoms with Crippen LogP contribution < -0.4 is 10.9 Å². The molecule has 1 amide bonds. The van der Waals surface area contributed by atoms with E-state index in [9.17, 15) is 4.79 Å². The Morgan fingerprint density at radius 1 is 1.38 bits per heavy atom. The van der Waals surface area contributed by atoms with Gasteiger partial charge in [-0.3, -0.25) is 5.43 Å². The number of hydrogen-bond donors (Lipinski definition) is 2. The Bertz CT molecular complexity index is 202. The third kappa shape index (κ3) is 8.49. The number of nitrogens with one attached hydrogen (secondary N) is 2. The number of carbonyl (C=O) groups excluding carboxylic acids is 1. The fourth-order valence-corrected chi connectivity index (χ4v) is 1.10. The zero-order valence-corrected chi connectivity index (χ0v) is 10.9. The van der Waals surface area contributed by atoms with Gasteiger partial charge in [0.1, 0.15) is 5.60 Å². The molecule has 96 valence electrons. The van der Waals surface area contributed by atoms with Crippen LogP contribution in [0.3, 0.4) is 0 Å². The third-order valence-corrected chi connectivity index (χ3v) is 1.94. The third-order valence-electron chi connectivity index (χ3n) is 1.94. The van der Waals surface area contributed by atoms with E-state index < -0.39 is 11.7 Å². The van der Waals surface area contributed by atoms with Crippen LogP contribution in [0.5, 0.6) is 0 Å². The van der Waals surface area contributed by atoms with Crippen molar-refractivity contribution in [1.29, 1.82) is 0 Å². The summed E-state index contributed by atoms with van der Waals surface area (Å²) in [7, 11) is 1.66. The fourth-order valence-electron chi connectivity index (χ4n) is 1.10. The lowest BCUT2D eigenvalue weighted by molar-refractivity contribution is 0.0481. The molecule has 0 spiro atoms. The smallest absolute Gasteiger partial charge is 0.422 e. The van der Waals surface area contributed by atoms with Crippen LogP contribution in [0, 0.1) is 0 Å². The van der Waals surface area contributed by atoms with Crippen LogP contribution in [0.25, 0.3) is 0 Å². The summed E-state index contributed by atoms with van der Waals surface area (Å²) in [6.45, 7) is 8.20. The van der Waals surface area contributed by atoms with E-state index in [-0.39, 0.29) is 6.04 Å². The maximum absolute atomic E-state index is 11.3. The van der Waals surface area contributed by atoms with Crippen LogP contribution in [0.4, 0.5) is 4.79 Å². The molecule has 0 fully saturated rings. The Morgan fingerprint density at radius 2 is 2.00 bits per heavy atom. The number of ether oxygens (including phenoxy) is 2. The molecule has 0 radical (unpaired) electrons. The standard InChI is InChI=1S/C11H24N2O3/c1-6-9(7-8-15-5)12-13-10(14)16-11(2,3)4/h9,12H,6-8H2,1-5H3,(H,13,14). The first-order chi connectivity index (χ1) is 7.39. The molecule has 0 aromatic heterocycles. The van der Waals surface area contributed by atoms with Gasteiger partial charge in [0.25, 0.3) is 0 Å². The monoisotopic (exact) mass is 232 g/mol. The van der Waals surface area contributed by atoms with E-state index in [0.29, 0.717) is 6.61 Å². The van der Waals surface area contributed by atoms with Crippen LogP contribution >= 0.6 is 0 Å². The second-order valence-electron chi connectivity index (χ2n) is 4.66. The molecule has 16 heavy (non-hydrogen) atoms. The summed E-state index contributed by atoms with van der Waals surface area (Å²) in [6.07, 6.45) is 1.31. The number of amides is 1. The van der Waals surface area contributed by atoms with Gasteiger partial charge in [0.05, 0.1) is 0 Å². The average molecular weight is 232 g/mol. The predicted molar refractivity (Wildman–Crippen MR) is 63.1 cm³/mol. The van der Waals surface area contributed by atoms with Gasteiger partial charge in [0.2, 0.25) is 0 Å². The van der Waals surface area contributed by atoms with Crippen molar-refractivity contribution in [3.05, 3.63) is 0 Å². The second-order valence-corrected chi connectivity index (χ2v) is 4.66. The molecule has 2 N–H and O–H groups in total. The number of methoxy groups -OCH3 is 1. The molecule has 0 aliphatic heterocycles. The van der Waals surface area contributed by atoms with Gasteiger partial charge in [-0.2, -0.15) is 0 Å². The van der Waals surface area contributed by atoms with Crippen LogP contribution in [0.1, 0.15) is 40.5 Å². The van der Waals surface area contributed by atoms with E-state index in [1.165, 1.54) is 0 Å². The van der Waals surface area contributed by atoms with Gasteiger partial charge in [0, 0.05) is 19.8 Å². The highest BCUT2D eigenvalue weighted by atomic mass is 16.6. The lowest BCUT2D eigenvalue weighted by Crippen LogP contribution is -2.46. The van der Waals surface area contributed by atoms with E-state index in [4.69, 9.17) is 9.47 Å². The van der Waals surface area contributed by atoms with Gasteiger partial charge in [-0.1, -0.05) is 6.92 Å². The molecular formula is C11H24N2O3. The van der Waals surface area contributed by atoms with Gasteiger partial charge in [-0.15, -0.1) is 0 Å². The van der Waals surface area contributed by atoms with Crippen LogP contribution in [-0.4, -0.2) is 31.5 Å². The number of rotatable bonds is 6. The summed E-state index contributed by atoms with van der Waals surface area (Å²) < 4.78 is 10.1. The number of carbonyl (C=O) groups is 1. The number of hydrogen-bond acceptors (Lipinski definition) is 4. The largest absolute Gasteiger partial charge is 0.443 e. The predicted octanol–water partition coefficient (Wildman–Crippen LogP) is 1.83. The molecule has 0 aromatic carbocycles. The zero-order valence-electron chi connectivity index (χ0n) is 10.9. The van der Waals surface area contributed by atoms with E-state index in [1.807, 2.05) is 27.7 Å². The van der Waals surface area contributed by atoms with Crippen LogP contribution in [-0.2, 0) is 9.47 Å². The Balaban J connectivity index is 3.79. The Labute approximate surface area is 97.8 Å². The lowest BCUT2D eigenvalue weighted by Gasteiger charge is -2.22. The summed E-state index contributed by atoms with van der Waals surface area (Å²) >= 11 is 0. The van der Waals surface area contributed by atoms with Crippen molar-refractivity contribution >= 4 is 6.09 Å². The lowest BCUT2D eigenvalue weighted by atomic mass is 10.2. The highest BCUT2D eigenvalue weighted by Gasteiger charge is 2.16. The van der Waals surface area contributed by atoms with E-state index in [1.54, 1.807) is 7.11 Å². The van der Waals surface area contributed by atoms with Crippen molar-refractivity contribution in [2.45, 2.75) is 52.2 Å². The van der Waals surface area contributed by atoms with Gasteiger partial charge in [-0.05, 0) is 33.6 Å². The van der Waals surface area contributed by atoms with Crippen molar-refractivity contribution in [1.82, 2.24) is 10.9 Å². The summed E-state index contributed by atoms with van der Waals surface area (Å²) in [5.41, 5.74) is 4.98. The molecule has 0 saturated heterocycles. The summed E-state index contributed by atoms with van der Waals surface area (Å²) in [4.78, 5) is 11.3. The first kappa shape index (κ1) is 15.2. The van der Waals surface area contributed by atoms with Gasteiger partial charge in [-0.25, -0.2) is 10.2 Å². The molecule has 0 saturated carbocycles. The Kier molecular flexibility index (Phi) is 7.08. The molecule has 0 heterocycles. The molecular weight excluding hydrogens is 208 g/mol. The SMILES string of the molecule is CCC(CCOC)NNC(=O)OC(C)(C)C. The quantitative estimate of drug-likeness (QED) is 0.686.